The van der Waals surface area contributed by atoms with Gasteiger partial charge in [-0.25, -0.2) is 9.37 Å². The van der Waals surface area contributed by atoms with Crippen LogP contribution in [0, 0.1) is 5.82 Å². The number of halogens is 1. The summed E-state index contributed by atoms with van der Waals surface area (Å²) >= 11 is 1.38. The summed E-state index contributed by atoms with van der Waals surface area (Å²) in [7, 11) is 0. The number of carbonyl (C=O) groups is 1. The van der Waals surface area contributed by atoms with Gasteiger partial charge in [-0.15, -0.1) is 11.3 Å². The monoisotopic (exact) mass is 352 g/mol. The number of nitrogens with zero attached hydrogens (tertiary/aromatic N) is 2. The minimum absolute atomic E-state index is 0.0656. The van der Waals surface area contributed by atoms with Crippen molar-refractivity contribution in [1.29, 1.82) is 0 Å². The highest BCUT2D eigenvalue weighted by atomic mass is 32.1. The summed E-state index contributed by atoms with van der Waals surface area (Å²) in [5.41, 5.74) is 2.71. The number of thiazole rings is 1. The Morgan fingerprint density at radius 3 is 2.84 bits per heavy atom. The summed E-state index contributed by atoms with van der Waals surface area (Å²) in [6.45, 7) is 0.745. The van der Waals surface area contributed by atoms with Gasteiger partial charge in [0.05, 0.1) is 6.42 Å². The van der Waals surface area contributed by atoms with Gasteiger partial charge in [0.25, 0.3) is 0 Å². The van der Waals surface area contributed by atoms with Crippen LogP contribution < -0.4 is 4.90 Å². The molecule has 0 radical (unpaired) electrons. The minimum Gasteiger partial charge on any atom is -0.312 e. The van der Waals surface area contributed by atoms with Crippen molar-refractivity contribution in [1.82, 2.24) is 4.98 Å². The van der Waals surface area contributed by atoms with Crippen LogP contribution in [0.3, 0.4) is 0 Å². The van der Waals surface area contributed by atoms with Gasteiger partial charge in [0.2, 0.25) is 5.91 Å². The molecule has 4 rings (SSSR count). The van der Waals surface area contributed by atoms with E-state index in [1.54, 1.807) is 24.4 Å². The molecule has 0 spiro atoms. The van der Waals surface area contributed by atoms with Gasteiger partial charge in [0.1, 0.15) is 10.8 Å². The maximum atomic E-state index is 13.9. The lowest BCUT2D eigenvalue weighted by Crippen LogP contribution is -2.36. The van der Waals surface area contributed by atoms with Gasteiger partial charge < -0.3 is 4.90 Å². The van der Waals surface area contributed by atoms with E-state index in [4.69, 9.17) is 0 Å². The minimum atomic E-state index is -0.292. The third-order valence-electron chi connectivity index (χ3n) is 4.39. The van der Waals surface area contributed by atoms with E-state index < -0.39 is 0 Å². The van der Waals surface area contributed by atoms with Crippen LogP contribution in [-0.4, -0.2) is 17.4 Å². The van der Waals surface area contributed by atoms with Gasteiger partial charge in [0, 0.05) is 28.9 Å². The van der Waals surface area contributed by atoms with Crippen molar-refractivity contribution in [2.24, 2.45) is 0 Å². The Hall–Kier alpha value is -2.53. The van der Waals surface area contributed by atoms with Gasteiger partial charge in [-0.05, 0) is 36.6 Å². The third-order valence-corrected chi connectivity index (χ3v) is 5.43. The number of para-hydroxylation sites is 1. The van der Waals surface area contributed by atoms with E-state index >= 15 is 0 Å². The number of hydrogen-bond donors (Lipinski definition) is 0. The molecule has 3 nitrogen and oxygen atoms in total. The molecule has 0 saturated heterocycles. The lowest BCUT2D eigenvalue weighted by molar-refractivity contribution is -0.118. The second kappa shape index (κ2) is 6.76. The molecule has 1 aliphatic heterocycles. The molecule has 0 atom stereocenters. The van der Waals surface area contributed by atoms with Gasteiger partial charge in [-0.2, -0.15) is 0 Å². The third kappa shape index (κ3) is 3.20. The summed E-state index contributed by atoms with van der Waals surface area (Å²) in [6.07, 6.45) is 3.96. The number of hydrogen-bond acceptors (Lipinski definition) is 3. The molecule has 1 amide bonds. The average Bonchev–Trinajstić information content (AvgIpc) is 3.09. The molecular weight excluding hydrogens is 335 g/mol. The molecule has 0 N–H and O–H groups in total. The molecule has 0 unspecified atom stereocenters. The highest BCUT2D eigenvalue weighted by molar-refractivity contribution is 7.15. The lowest BCUT2D eigenvalue weighted by atomic mass is 10.0. The van der Waals surface area contributed by atoms with Gasteiger partial charge in [-0.3, -0.25) is 4.79 Å². The van der Waals surface area contributed by atoms with E-state index in [-0.39, 0.29) is 11.7 Å². The predicted molar refractivity (Wildman–Crippen MR) is 98.3 cm³/mol. The zero-order valence-corrected chi connectivity index (χ0v) is 14.4. The summed E-state index contributed by atoms with van der Waals surface area (Å²) in [5.74, 6) is -0.226. The largest absolute Gasteiger partial charge is 0.312 e. The van der Waals surface area contributed by atoms with E-state index in [0.29, 0.717) is 17.0 Å². The van der Waals surface area contributed by atoms with Crippen LogP contribution >= 0.6 is 11.3 Å². The van der Waals surface area contributed by atoms with Crippen molar-refractivity contribution in [3.05, 3.63) is 71.0 Å². The molecule has 0 aliphatic carbocycles. The Labute approximate surface area is 149 Å². The first kappa shape index (κ1) is 16.0. The van der Waals surface area contributed by atoms with Crippen molar-refractivity contribution in [2.45, 2.75) is 19.3 Å². The normalized spacial score (nSPS) is 13.6. The van der Waals surface area contributed by atoms with Crippen LogP contribution in [0.2, 0.25) is 0 Å². The molecule has 1 aromatic heterocycles. The zero-order chi connectivity index (χ0) is 17.2. The second-order valence-corrected chi connectivity index (χ2v) is 7.18. The van der Waals surface area contributed by atoms with Crippen LogP contribution in [-0.2, 0) is 17.6 Å². The Kier molecular flexibility index (Phi) is 4.32. The van der Waals surface area contributed by atoms with Gasteiger partial charge >= 0.3 is 0 Å². The fraction of sp³-hybridized carbons (Fsp3) is 0.200. The van der Waals surface area contributed by atoms with E-state index in [2.05, 4.69) is 11.1 Å². The number of anilines is 1. The molecule has 1 aliphatic rings. The summed E-state index contributed by atoms with van der Waals surface area (Å²) in [5, 5.41) is 0.611. The number of aromatic nitrogens is 1. The van der Waals surface area contributed by atoms with Crippen molar-refractivity contribution in [2.75, 3.05) is 11.4 Å². The summed E-state index contributed by atoms with van der Waals surface area (Å²) in [4.78, 5) is 19.8. The molecule has 0 saturated carbocycles. The van der Waals surface area contributed by atoms with Crippen molar-refractivity contribution < 1.29 is 9.18 Å². The smallest absolute Gasteiger partial charge is 0.232 e. The van der Waals surface area contributed by atoms with Gasteiger partial charge in [-0.1, -0.05) is 30.3 Å². The molecule has 25 heavy (non-hydrogen) atoms. The highest BCUT2D eigenvalue weighted by Gasteiger charge is 2.23. The van der Waals surface area contributed by atoms with E-state index in [0.717, 1.165) is 30.0 Å². The highest BCUT2D eigenvalue weighted by Crippen LogP contribution is 2.30. The first-order valence-corrected chi connectivity index (χ1v) is 9.12. The second-order valence-electron chi connectivity index (χ2n) is 6.07. The van der Waals surface area contributed by atoms with Crippen LogP contribution in [0.1, 0.15) is 16.9 Å². The fourth-order valence-corrected chi connectivity index (χ4v) is 4.12. The van der Waals surface area contributed by atoms with E-state index in [9.17, 15) is 9.18 Å². The standard InChI is InChI=1S/C20H17FN2OS/c21-17-9-3-2-8-16(17)20-22-13-15(25-20)12-19(24)23-11-5-7-14-6-1-4-10-18(14)23/h1-4,6,8-10,13H,5,7,11-12H2. The first-order valence-electron chi connectivity index (χ1n) is 8.30. The Bertz CT molecular complexity index is 921. The first-order chi connectivity index (χ1) is 12.2. The topological polar surface area (TPSA) is 33.2 Å². The van der Waals surface area contributed by atoms with Crippen molar-refractivity contribution in [3.63, 3.8) is 0 Å². The molecule has 3 aromatic rings. The summed E-state index contributed by atoms with van der Waals surface area (Å²) in [6, 6.07) is 14.6. The molecule has 0 bridgehead atoms. The Morgan fingerprint density at radius 1 is 1.16 bits per heavy atom. The lowest BCUT2D eigenvalue weighted by Gasteiger charge is -2.29. The fourth-order valence-electron chi connectivity index (χ4n) is 3.19. The number of aryl methyl sites for hydroxylation is 1. The number of amides is 1. The van der Waals surface area contributed by atoms with E-state index in [1.807, 2.05) is 23.1 Å². The quantitative estimate of drug-likeness (QED) is 0.697. The average molecular weight is 352 g/mol. The van der Waals surface area contributed by atoms with Gasteiger partial charge in [0.15, 0.2) is 0 Å². The zero-order valence-electron chi connectivity index (χ0n) is 13.6. The number of rotatable bonds is 3. The molecule has 5 heteroatoms. The van der Waals surface area contributed by atoms with Crippen molar-refractivity contribution >= 4 is 22.9 Å². The maximum Gasteiger partial charge on any atom is 0.232 e. The Morgan fingerprint density at radius 2 is 1.96 bits per heavy atom. The molecule has 2 aromatic carbocycles. The molecule has 0 fully saturated rings. The molecular formula is C20H17FN2OS. The van der Waals surface area contributed by atoms with Crippen LogP contribution in [0.15, 0.2) is 54.7 Å². The number of benzene rings is 2. The predicted octanol–water partition coefficient (Wildman–Crippen LogP) is 4.47. The van der Waals surface area contributed by atoms with Crippen molar-refractivity contribution in [3.8, 4) is 10.6 Å². The molecule has 2 heterocycles. The molecule has 126 valence electrons. The number of fused-ring (bicyclic) bond motifs is 1. The SMILES string of the molecule is O=C(Cc1cnc(-c2ccccc2F)s1)N1CCCc2ccccc21. The van der Waals surface area contributed by atoms with Crippen LogP contribution in [0.4, 0.5) is 10.1 Å². The maximum absolute atomic E-state index is 13.9. The number of carbonyl (C=O) groups excluding carboxylic acids is 1. The van der Waals surface area contributed by atoms with Crippen LogP contribution in [0.25, 0.3) is 10.6 Å². The summed E-state index contributed by atoms with van der Waals surface area (Å²) < 4.78 is 13.9. The van der Waals surface area contributed by atoms with Crippen LogP contribution in [0.5, 0.6) is 0 Å². The van der Waals surface area contributed by atoms with E-state index in [1.165, 1.54) is 23.0 Å². The Balaban J connectivity index is 1.54.